The smallest absolute Gasteiger partial charge is 0.0525 e. The summed E-state index contributed by atoms with van der Waals surface area (Å²) in [5.41, 5.74) is 1.32. The molecule has 1 aromatic heterocycles. The van der Waals surface area contributed by atoms with Crippen molar-refractivity contribution in [2.75, 3.05) is 0 Å². The maximum Gasteiger partial charge on any atom is 0.0525 e. The largest absolute Gasteiger partial charge is 0.273 e. The summed E-state index contributed by atoms with van der Waals surface area (Å²) in [4.78, 5) is 0. The minimum atomic E-state index is 0.328. The molecule has 1 saturated carbocycles. The van der Waals surface area contributed by atoms with Crippen LogP contribution in [0, 0.1) is 0 Å². The summed E-state index contributed by atoms with van der Waals surface area (Å²) in [5.74, 6) is 0.543. The van der Waals surface area contributed by atoms with E-state index in [-0.39, 0.29) is 0 Å². The van der Waals surface area contributed by atoms with Crippen molar-refractivity contribution in [1.82, 2.24) is 9.78 Å². The first-order valence-electron chi connectivity index (χ1n) is 4.97. The van der Waals surface area contributed by atoms with Gasteiger partial charge in [-0.1, -0.05) is 6.42 Å². The summed E-state index contributed by atoms with van der Waals surface area (Å²) in [6.07, 6.45) is 7.74. The summed E-state index contributed by atoms with van der Waals surface area (Å²) < 4.78 is 1.97. The van der Waals surface area contributed by atoms with Crippen molar-refractivity contribution >= 4 is 11.6 Å². The van der Waals surface area contributed by atoms with Crippen LogP contribution in [0.4, 0.5) is 0 Å². The van der Waals surface area contributed by atoms with Gasteiger partial charge in [-0.2, -0.15) is 5.10 Å². The van der Waals surface area contributed by atoms with Crippen molar-refractivity contribution in [2.45, 2.75) is 44.0 Å². The van der Waals surface area contributed by atoms with Crippen molar-refractivity contribution in [1.29, 1.82) is 0 Å². The monoisotopic (exact) mass is 198 g/mol. The fourth-order valence-electron chi connectivity index (χ4n) is 2.03. The van der Waals surface area contributed by atoms with Gasteiger partial charge in [-0.15, -0.1) is 11.6 Å². The van der Waals surface area contributed by atoms with Gasteiger partial charge in [0.05, 0.1) is 6.20 Å². The Hall–Kier alpha value is -0.500. The molecule has 0 amide bonds. The first kappa shape index (κ1) is 9.07. The quantitative estimate of drug-likeness (QED) is 0.669. The fraction of sp³-hybridized carbons (Fsp3) is 0.700. The fourth-order valence-corrected chi connectivity index (χ4v) is 2.46. The lowest BCUT2D eigenvalue weighted by atomic mass is 10.0. The average molecular weight is 199 g/mol. The molecule has 3 heteroatoms. The molecule has 2 atom stereocenters. The third-order valence-electron chi connectivity index (χ3n) is 2.84. The molecule has 1 aliphatic rings. The third kappa shape index (κ3) is 1.73. The second-order valence-corrected chi connectivity index (χ2v) is 4.24. The number of nitrogens with zero attached hydrogens (tertiary/aromatic N) is 2. The van der Waals surface area contributed by atoms with Gasteiger partial charge in [-0.3, -0.25) is 4.68 Å². The number of alkyl halides is 1. The van der Waals surface area contributed by atoms with Crippen LogP contribution in [0.2, 0.25) is 0 Å². The van der Waals surface area contributed by atoms with Gasteiger partial charge >= 0.3 is 0 Å². The molecule has 13 heavy (non-hydrogen) atoms. The van der Waals surface area contributed by atoms with E-state index in [9.17, 15) is 0 Å². The van der Waals surface area contributed by atoms with E-state index in [4.69, 9.17) is 11.6 Å². The van der Waals surface area contributed by atoms with Crippen LogP contribution in [0.3, 0.4) is 0 Å². The predicted octanol–water partition coefficient (Wildman–Crippen LogP) is 2.78. The number of aryl methyl sites for hydroxylation is 1. The van der Waals surface area contributed by atoms with Crippen LogP contribution in [0.15, 0.2) is 12.4 Å². The van der Waals surface area contributed by atoms with Crippen molar-refractivity contribution in [3.8, 4) is 0 Å². The van der Waals surface area contributed by atoms with E-state index in [0.717, 1.165) is 13.0 Å². The second kappa shape index (κ2) is 3.70. The Morgan fingerprint density at radius 3 is 3.00 bits per heavy atom. The molecule has 72 valence electrons. The molecule has 1 fully saturated rings. The summed E-state index contributed by atoms with van der Waals surface area (Å²) >= 11 is 6.23. The summed E-state index contributed by atoms with van der Waals surface area (Å²) in [5, 5.41) is 4.60. The highest BCUT2D eigenvalue weighted by Crippen LogP contribution is 2.37. The molecule has 0 bridgehead atoms. The van der Waals surface area contributed by atoms with Crippen molar-refractivity contribution in [3.63, 3.8) is 0 Å². The van der Waals surface area contributed by atoms with Gasteiger partial charge in [0.15, 0.2) is 0 Å². The average Bonchev–Trinajstić information content (AvgIpc) is 2.71. The molecule has 0 spiro atoms. The van der Waals surface area contributed by atoms with Crippen LogP contribution in [0.25, 0.3) is 0 Å². The molecule has 1 heterocycles. The molecule has 2 nitrogen and oxygen atoms in total. The van der Waals surface area contributed by atoms with Gasteiger partial charge in [0.1, 0.15) is 0 Å². The molecular formula is C10H15ClN2. The Labute approximate surface area is 83.9 Å². The van der Waals surface area contributed by atoms with Crippen molar-refractivity contribution in [3.05, 3.63) is 18.0 Å². The highest BCUT2D eigenvalue weighted by atomic mass is 35.5. The maximum absolute atomic E-state index is 6.23. The number of hydrogen-bond acceptors (Lipinski definition) is 1. The van der Waals surface area contributed by atoms with Gasteiger partial charge in [0.25, 0.3) is 0 Å². The molecular weight excluding hydrogens is 184 g/mol. The first-order chi connectivity index (χ1) is 6.31. The predicted molar refractivity (Wildman–Crippen MR) is 54.1 cm³/mol. The van der Waals surface area contributed by atoms with Crippen molar-refractivity contribution in [2.24, 2.45) is 0 Å². The van der Waals surface area contributed by atoms with Gasteiger partial charge in [-0.25, -0.2) is 0 Å². The lowest BCUT2D eigenvalue weighted by molar-refractivity contribution is 0.656. The standard InChI is InChI=1S/C10H15ClN2/c1-2-13-7-8(6-12-13)9-4-3-5-10(9)11/h6-7,9-10H,2-5H2,1H3. The lowest BCUT2D eigenvalue weighted by Crippen LogP contribution is -2.03. The Bertz CT molecular complexity index is 282. The van der Waals surface area contributed by atoms with Crippen LogP contribution in [0.5, 0.6) is 0 Å². The van der Waals surface area contributed by atoms with E-state index < -0.39 is 0 Å². The van der Waals surface area contributed by atoms with Crippen molar-refractivity contribution < 1.29 is 0 Å². The van der Waals surface area contributed by atoms with E-state index in [1.165, 1.54) is 18.4 Å². The molecule has 2 rings (SSSR count). The van der Waals surface area contributed by atoms with E-state index in [0.29, 0.717) is 11.3 Å². The zero-order chi connectivity index (χ0) is 9.26. The molecule has 0 radical (unpaired) electrons. The van der Waals surface area contributed by atoms with Gasteiger partial charge < -0.3 is 0 Å². The van der Waals surface area contributed by atoms with Crippen LogP contribution >= 0.6 is 11.6 Å². The molecule has 0 aliphatic heterocycles. The number of rotatable bonds is 2. The normalized spacial score (nSPS) is 28.2. The molecule has 0 saturated heterocycles. The minimum Gasteiger partial charge on any atom is -0.273 e. The second-order valence-electron chi connectivity index (χ2n) is 3.68. The first-order valence-corrected chi connectivity index (χ1v) is 5.41. The SMILES string of the molecule is CCn1cc(C2CCCC2Cl)cn1. The van der Waals surface area contributed by atoms with E-state index >= 15 is 0 Å². The highest BCUT2D eigenvalue weighted by Gasteiger charge is 2.27. The molecule has 0 aromatic carbocycles. The number of halogens is 1. The molecule has 2 unspecified atom stereocenters. The zero-order valence-corrected chi connectivity index (χ0v) is 8.67. The summed E-state index contributed by atoms with van der Waals surface area (Å²) in [6, 6.07) is 0. The Morgan fingerprint density at radius 1 is 1.62 bits per heavy atom. The zero-order valence-electron chi connectivity index (χ0n) is 7.91. The highest BCUT2D eigenvalue weighted by molar-refractivity contribution is 6.21. The van der Waals surface area contributed by atoms with Gasteiger partial charge in [-0.05, 0) is 25.3 Å². The third-order valence-corrected chi connectivity index (χ3v) is 3.36. The molecule has 0 N–H and O–H groups in total. The van der Waals surface area contributed by atoms with Gasteiger partial charge in [0, 0.05) is 24.0 Å². The lowest BCUT2D eigenvalue weighted by Gasteiger charge is -2.10. The molecule has 1 aliphatic carbocycles. The Kier molecular flexibility index (Phi) is 2.58. The van der Waals surface area contributed by atoms with E-state index in [1.54, 1.807) is 0 Å². The number of hydrogen-bond donors (Lipinski definition) is 0. The Balaban J connectivity index is 2.15. The topological polar surface area (TPSA) is 17.8 Å². The minimum absolute atomic E-state index is 0.328. The van der Waals surface area contributed by atoms with E-state index in [1.807, 2.05) is 10.9 Å². The molecule has 1 aromatic rings. The van der Waals surface area contributed by atoms with Crippen LogP contribution in [0.1, 0.15) is 37.7 Å². The number of aromatic nitrogens is 2. The Morgan fingerprint density at radius 2 is 2.46 bits per heavy atom. The van der Waals surface area contributed by atoms with Gasteiger partial charge in [0.2, 0.25) is 0 Å². The summed E-state index contributed by atoms with van der Waals surface area (Å²) in [6.45, 7) is 3.04. The maximum atomic E-state index is 6.23. The van der Waals surface area contributed by atoms with Crippen LogP contribution in [-0.2, 0) is 6.54 Å². The summed E-state index contributed by atoms with van der Waals surface area (Å²) in [7, 11) is 0. The van der Waals surface area contributed by atoms with Crippen LogP contribution in [-0.4, -0.2) is 15.2 Å². The van der Waals surface area contributed by atoms with Crippen LogP contribution < -0.4 is 0 Å². The van der Waals surface area contributed by atoms with E-state index in [2.05, 4.69) is 18.2 Å².